The van der Waals surface area contributed by atoms with E-state index in [0.29, 0.717) is 6.61 Å². The maximum absolute atomic E-state index is 12.5. The van der Waals surface area contributed by atoms with Gasteiger partial charge in [-0.1, -0.05) is 37.8 Å². The normalized spacial score (nSPS) is 11.4. The molecule has 0 unspecified atom stereocenters. The Labute approximate surface area is 185 Å². The van der Waals surface area contributed by atoms with Crippen molar-refractivity contribution in [2.45, 2.75) is 52.1 Å². The summed E-state index contributed by atoms with van der Waals surface area (Å²) < 4.78 is 11.3. The number of anilines is 3. The minimum absolute atomic E-state index is 0.0784. The molecule has 2 aromatic rings. The van der Waals surface area contributed by atoms with Gasteiger partial charge in [0, 0.05) is 20.8 Å². The van der Waals surface area contributed by atoms with Crippen LogP contribution >= 0.6 is 0 Å². The first-order chi connectivity index (χ1) is 14.4. The summed E-state index contributed by atoms with van der Waals surface area (Å²) in [5.74, 6) is 0.478. The minimum atomic E-state index is -1.34. The molecule has 0 radical (unpaired) electrons. The van der Waals surface area contributed by atoms with Crippen LogP contribution in [0.3, 0.4) is 0 Å². The minimum Gasteiger partial charge on any atom is -0.477 e. The van der Waals surface area contributed by atoms with Crippen LogP contribution in [0.5, 0.6) is 5.88 Å². The van der Waals surface area contributed by atoms with E-state index in [1.54, 1.807) is 20.8 Å². The third-order valence-corrected chi connectivity index (χ3v) is 5.77. The number of nitriles is 1. The molecule has 1 amide bonds. The van der Waals surface area contributed by atoms with Crippen LogP contribution < -0.4 is 15.0 Å². The molecule has 0 fully saturated rings. The lowest BCUT2D eigenvalue weighted by molar-refractivity contribution is 0.0587. The standard InChI is InChI=1S/C22H31N5O3Si/c1-22(2,3)30-21(28)27(4)20-25-18(24-16-11-9-8-10-12-16)17(15-23)19(26-20)29-13-14-31(5,6)7/h8-12H,13-14H2,1-7H3,(H,24,25,26). The van der Waals surface area contributed by atoms with E-state index in [9.17, 15) is 10.1 Å². The van der Waals surface area contributed by atoms with Gasteiger partial charge in [-0.05, 0) is 38.9 Å². The van der Waals surface area contributed by atoms with E-state index < -0.39 is 19.8 Å². The molecule has 31 heavy (non-hydrogen) atoms. The van der Waals surface area contributed by atoms with Crippen molar-refractivity contribution in [2.24, 2.45) is 0 Å². The summed E-state index contributed by atoms with van der Waals surface area (Å²) in [5, 5.41) is 12.9. The van der Waals surface area contributed by atoms with Crippen LogP contribution in [-0.2, 0) is 4.74 Å². The van der Waals surface area contributed by atoms with Gasteiger partial charge >= 0.3 is 6.09 Å². The lowest BCUT2D eigenvalue weighted by Gasteiger charge is -2.24. The molecule has 0 aliphatic rings. The molecular formula is C22H31N5O3Si. The fourth-order valence-corrected chi connectivity index (χ4v) is 3.11. The maximum Gasteiger partial charge on any atom is 0.416 e. The Hall–Kier alpha value is -3.12. The topological polar surface area (TPSA) is 100 Å². The monoisotopic (exact) mass is 441 g/mol. The first-order valence-corrected chi connectivity index (χ1v) is 13.8. The summed E-state index contributed by atoms with van der Waals surface area (Å²) in [7, 11) is 0.177. The van der Waals surface area contributed by atoms with Crippen molar-refractivity contribution < 1.29 is 14.3 Å². The van der Waals surface area contributed by atoms with Crippen LogP contribution in [0.25, 0.3) is 0 Å². The highest BCUT2D eigenvalue weighted by molar-refractivity contribution is 6.76. The summed E-state index contributed by atoms with van der Waals surface area (Å²) in [6.07, 6.45) is -0.601. The number of carbonyl (C=O) groups is 1. The number of aromatic nitrogens is 2. The van der Waals surface area contributed by atoms with Crippen molar-refractivity contribution in [3.05, 3.63) is 35.9 Å². The van der Waals surface area contributed by atoms with Gasteiger partial charge in [-0.25, -0.2) is 9.69 Å². The first-order valence-electron chi connectivity index (χ1n) is 10.1. The number of benzene rings is 1. The van der Waals surface area contributed by atoms with Gasteiger partial charge in [-0.2, -0.15) is 15.2 Å². The lowest BCUT2D eigenvalue weighted by Crippen LogP contribution is -2.35. The van der Waals surface area contributed by atoms with Crippen molar-refractivity contribution >= 4 is 31.6 Å². The molecule has 9 heteroatoms. The zero-order valence-corrected chi connectivity index (χ0v) is 20.3. The molecule has 0 spiro atoms. The highest BCUT2D eigenvalue weighted by Gasteiger charge is 2.25. The molecule has 1 aromatic carbocycles. The predicted molar refractivity (Wildman–Crippen MR) is 125 cm³/mol. The summed E-state index contributed by atoms with van der Waals surface area (Å²) in [6.45, 7) is 12.5. The van der Waals surface area contributed by atoms with Gasteiger partial charge in [-0.3, -0.25) is 0 Å². The zero-order valence-electron chi connectivity index (χ0n) is 19.3. The molecule has 8 nitrogen and oxygen atoms in total. The van der Waals surface area contributed by atoms with Crippen molar-refractivity contribution in [1.29, 1.82) is 5.26 Å². The number of para-hydroxylation sites is 1. The van der Waals surface area contributed by atoms with E-state index in [1.807, 2.05) is 30.3 Å². The molecule has 1 N–H and O–H groups in total. The largest absolute Gasteiger partial charge is 0.477 e. The molecule has 0 atom stereocenters. The van der Waals surface area contributed by atoms with Crippen LogP contribution in [-0.4, -0.2) is 43.4 Å². The highest BCUT2D eigenvalue weighted by Crippen LogP contribution is 2.29. The first kappa shape index (κ1) is 24.1. The number of nitrogens with zero attached hydrogens (tertiary/aromatic N) is 4. The third-order valence-electron chi connectivity index (χ3n) is 4.07. The van der Waals surface area contributed by atoms with Gasteiger partial charge in [0.15, 0.2) is 11.4 Å². The number of ether oxygens (including phenoxy) is 2. The smallest absolute Gasteiger partial charge is 0.416 e. The molecule has 1 heterocycles. The van der Waals surface area contributed by atoms with E-state index in [4.69, 9.17) is 9.47 Å². The van der Waals surface area contributed by atoms with Gasteiger partial charge < -0.3 is 14.8 Å². The quantitative estimate of drug-likeness (QED) is 0.591. The van der Waals surface area contributed by atoms with Crippen LogP contribution in [0, 0.1) is 11.3 Å². The second-order valence-electron chi connectivity index (χ2n) is 9.35. The van der Waals surface area contributed by atoms with Gasteiger partial charge in [0.05, 0.1) is 6.61 Å². The Morgan fingerprint density at radius 3 is 2.39 bits per heavy atom. The Kier molecular flexibility index (Phi) is 7.63. The van der Waals surface area contributed by atoms with Crippen LogP contribution in [0.2, 0.25) is 25.7 Å². The van der Waals surface area contributed by atoms with Crippen LogP contribution in [0.1, 0.15) is 26.3 Å². The van der Waals surface area contributed by atoms with Crippen molar-refractivity contribution in [2.75, 3.05) is 23.9 Å². The van der Waals surface area contributed by atoms with E-state index >= 15 is 0 Å². The number of amides is 1. The van der Waals surface area contributed by atoms with E-state index in [0.717, 1.165) is 11.7 Å². The van der Waals surface area contributed by atoms with Crippen molar-refractivity contribution in [1.82, 2.24) is 9.97 Å². The van der Waals surface area contributed by atoms with E-state index in [-0.39, 0.29) is 23.2 Å². The second-order valence-corrected chi connectivity index (χ2v) is 15.0. The van der Waals surface area contributed by atoms with Gasteiger partial charge in [0.2, 0.25) is 11.8 Å². The van der Waals surface area contributed by atoms with Crippen molar-refractivity contribution in [3.8, 4) is 11.9 Å². The van der Waals surface area contributed by atoms with Crippen LogP contribution in [0.15, 0.2) is 30.3 Å². The number of rotatable bonds is 7. The molecule has 0 saturated heterocycles. The van der Waals surface area contributed by atoms with E-state index in [1.165, 1.54) is 11.9 Å². The number of nitrogens with one attached hydrogen (secondary N) is 1. The molecule has 0 aliphatic carbocycles. The molecule has 0 saturated carbocycles. The molecule has 0 aliphatic heterocycles. The summed E-state index contributed by atoms with van der Waals surface area (Å²) in [5.41, 5.74) is 0.261. The average Bonchev–Trinajstić information content (AvgIpc) is 2.65. The SMILES string of the molecule is CN(C(=O)OC(C)(C)C)c1nc(Nc2ccccc2)c(C#N)c(OCC[Si](C)(C)C)n1. The summed E-state index contributed by atoms with van der Waals surface area (Å²) in [6, 6.07) is 12.4. The highest BCUT2D eigenvalue weighted by atomic mass is 28.3. The summed E-state index contributed by atoms with van der Waals surface area (Å²) in [4.78, 5) is 22.5. The molecule has 166 valence electrons. The second kappa shape index (κ2) is 9.79. The fraction of sp³-hybridized carbons (Fsp3) is 0.455. The maximum atomic E-state index is 12.5. The van der Waals surface area contributed by atoms with Gasteiger partial charge in [0.1, 0.15) is 11.7 Å². The number of carbonyl (C=O) groups excluding carboxylic acids is 1. The Morgan fingerprint density at radius 1 is 1.19 bits per heavy atom. The molecular weight excluding hydrogens is 410 g/mol. The Balaban J connectivity index is 2.44. The van der Waals surface area contributed by atoms with Gasteiger partial charge in [0.25, 0.3) is 0 Å². The van der Waals surface area contributed by atoms with Crippen molar-refractivity contribution in [3.63, 3.8) is 0 Å². The fourth-order valence-electron chi connectivity index (χ4n) is 2.40. The number of hydrogen-bond acceptors (Lipinski definition) is 7. The van der Waals surface area contributed by atoms with Crippen LogP contribution in [0.4, 0.5) is 22.2 Å². The average molecular weight is 442 g/mol. The third kappa shape index (κ3) is 7.57. The summed E-state index contributed by atoms with van der Waals surface area (Å²) >= 11 is 0. The zero-order chi connectivity index (χ0) is 23.2. The Morgan fingerprint density at radius 2 is 1.84 bits per heavy atom. The molecule has 0 bridgehead atoms. The Bertz CT molecular complexity index is 947. The molecule has 2 rings (SSSR count). The van der Waals surface area contributed by atoms with Gasteiger partial charge in [-0.15, -0.1) is 0 Å². The van der Waals surface area contributed by atoms with E-state index in [2.05, 4.69) is 41.0 Å². The lowest BCUT2D eigenvalue weighted by atomic mass is 10.2. The number of hydrogen-bond donors (Lipinski definition) is 1. The predicted octanol–water partition coefficient (Wildman–Crippen LogP) is 5.18. The molecule has 1 aromatic heterocycles.